The van der Waals surface area contributed by atoms with Crippen molar-refractivity contribution in [2.24, 2.45) is 5.41 Å². The molecule has 0 aromatic heterocycles. The molecule has 152 valence electrons. The van der Waals surface area contributed by atoms with Crippen LogP contribution in [0.3, 0.4) is 0 Å². The number of methoxy groups -OCH3 is 2. The van der Waals surface area contributed by atoms with Gasteiger partial charge in [0, 0.05) is 24.8 Å². The smallest absolute Gasteiger partial charge is 0.127 e. The molecule has 1 saturated heterocycles. The Morgan fingerprint density at radius 3 is 2.39 bits per heavy atom. The highest BCUT2D eigenvalue weighted by Gasteiger charge is 2.33. The van der Waals surface area contributed by atoms with Crippen LogP contribution in [0, 0.1) is 5.41 Å². The minimum atomic E-state index is 0.0786. The number of piperidine rings is 1. The van der Waals surface area contributed by atoms with Crippen molar-refractivity contribution >= 4 is 0 Å². The molecule has 0 radical (unpaired) electrons. The maximum Gasteiger partial charge on any atom is 0.127 e. The average Bonchev–Trinajstić information content (AvgIpc) is 2.76. The van der Waals surface area contributed by atoms with Crippen LogP contribution in [0.1, 0.15) is 36.8 Å². The number of aliphatic hydroxyl groups is 1. The summed E-state index contributed by atoms with van der Waals surface area (Å²) in [5.41, 5.74) is 2.65. The zero-order valence-corrected chi connectivity index (χ0v) is 17.2. The summed E-state index contributed by atoms with van der Waals surface area (Å²) in [5, 5.41) is 10.1. The molecule has 0 aliphatic carbocycles. The lowest BCUT2D eigenvalue weighted by atomic mass is 9.75. The first-order valence-corrected chi connectivity index (χ1v) is 10.3. The van der Waals surface area contributed by atoms with Crippen LogP contribution in [-0.4, -0.2) is 43.9 Å². The van der Waals surface area contributed by atoms with Gasteiger partial charge < -0.3 is 14.6 Å². The molecule has 28 heavy (non-hydrogen) atoms. The van der Waals surface area contributed by atoms with E-state index in [9.17, 15) is 5.11 Å². The number of likely N-dealkylation sites (tertiary alicyclic amines) is 1. The van der Waals surface area contributed by atoms with E-state index < -0.39 is 0 Å². The Balaban J connectivity index is 1.52. The number of hydrogen-bond donors (Lipinski definition) is 1. The molecule has 2 aromatic rings. The molecular weight excluding hydrogens is 350 g/mol. The second kappa shape index (κ2) is 9.94. The van der Waals surface area contributed by atoms with Crippen LogP contribution >= 0.6 is 0 Å². The fourth-order valence-electron chi connectivity index (χ4n) is 4.21. The Kier molecular flexibility index (Phi) is 7.35. The van der Waals surface area contributed by atoms with Crippen LogP contribution in [0.25, 0.3) is 0 Å². The van der Waals surface area contributed by atoms with Crippen LogP contribution in [0.2, 0.25) is 0 Å². The van der Waals surface area contributed by atoms with Gasteiger partial charge in [-0.05, 0) is 62.2 Å². The first-order chi connectivity index (χ1) is 13.7. The lowest BCUT2D eigenvalue weighted by molar-refractivity contribution is 0.0328. The second-order valence-electron chi connectivity index (χ2n) is 7.95. The van der Waals surface area contributed by atoms with Crippen LogP contribution in [-0.2, 0) is 13.0 Å². The average molecular weight is 384 g/mol. The van der Waals surface area contributed by atoms with Gasteiger partial charge in [0.05, 0.1) is 14.2 Å². The van der Waals surface area contributed by atoms with E-state index in [0.717, 1.165) is 63.2 Å². The summed E-state index contributed by atoms with van der Waals surface area (Å²) >= 11 is 0. The number of ether oxygens (including phenoxy) is 2. The van der Waals surface area contributed by atoms with Crippen molar-refractivity contribution in [3.05, 3.63) is 59.7 Å². The molecule has 1 fully saturated rings. The third-order valence-electron chi connectivity index (χ3n) is 6.16. The van der Waals surface area contributed by atoms with Crippen LogP contribution in [0.4, 0.5) is 0 Å². The summed E-state index contributed by atoms with van der Waals surface area (Å²) in [6, 6.07) is 16.7. The van der Waals surface area contributed by atoms with Crippen molar-refractivity contribution in [3.8, 4) is 11.5 Å². The monoisotopic (exact) mass is 383 g/mol. The van der Waals surface area contributed by atoms with Crippen molar-refractivity contribution in [3.63, 3.8) is 0 Å². The van der Waals surface area contributed by atoms with Crippen molar-refractivity contribution < 1.29 is 14.6 Å². The van der Waals surface area contributed by atoms with Crippen molar-refractivity contribution in [2.45, 2.75) is 38.6 Å². The Bertz CT molecular complexity index is 724. The zero-order valence-electron chi connectivity index (χ0n) is 17.2. The van der Waals surface area contributed by atoms with Gasteiger partial charge in [-0.2, -0.15) is 0 Å². The summed E-state index contributed by atoms with van der Waals surface area (Å²) in [5.74, 6) is 1.69. The number of aryl methyl sites for hydroxylation is 1. The molecule has 2 aromatic carbocycles. The maximum atomic E-state index is 10.1. The van der Waals surface area contributed by atoms with Gasteiger partial charge in [0.15, 0.2) is 0 Å². The van der Waals surface area contributed by atoms with E-state index >= 15 is 0 Å². The van der Waals surface area contributed by atoms with E-state index in [0.29, 0.717) is 6.61 Å². The number of nitrogens with zero attached hydrogens (tertiary/aromatic N) is 1. The summed E-state index contributed by atoms with van der Waals surface area (Å²) < 4.78 is 10.8. The summed E-state index contributed by atoms with van der Waals surface area (Å²) in [6.45, 7) is 3.20. The first kappa shape index (κ1) is 20.7. The van der Waals surface area contributed by atoms with Gasteiger partial charge in [-0.25, -0.2) is 0 Å². The lowest BCUT2D eigenvalue weighted by Gasteiger charge is -2.41. The molecular formula is C24H33NO3. The summed E-state index contributed by atoms with van der Waals surface area (Å²) in [4.78, 5) is 2.47. The van der Waals surface area contributed by atoms with E-state index in [1.807, 2.05) is 12.1 Å². The second-order valence-corrected chi connectivity index (χ2v) is 7.95. The van der Waals surface area contributed by atoms with Crippen LogP contribution < -0.4 is 9.47 Å². The quantitative estimate of drug-likeness (QED) is 0.701. The standard InChI is InChI=1S/C24H33NO3/c1-27-22-11-10-21(23(17-22)28-2)18-25-15-13-24(19-26,14-16-25)12-6-9-20-7-4-3-5-8-20/h3-5,7-8,10-11,17,26H,6,9,12-16,18-19H2,1-2H3. The van der Waals surface area contributed by atoms with Gasteiger partial charge >= 0.3 is 0 Å². The summed E-state index contributed by atoms with van der Waals surface area (Å²) in [6.07, 6.45) is 5.43. The van der Waals surface area contributed by atoms with Crippen LogP contribution in [0.5, 0.6) is 11.5 Å². The first-order valence-electron chi connectivity index (χ1n) is 10.3. The Morgan fingerprint density at radius 2 is 1.75 bits per heavy atom. The molecule has 1 aliphatic heterocycles. The molecule has 4 heteroatoms. The highest BCUT2D eigenvalue weighted by Crippen LogP contribution is 2.37. The van der Waals surface area contributed by atoms with E-state index in [4.69, 9.17) is 9.47 Å². The predicted molar refractivity (Wildman–Crippen MR) is 113 cm³/mol. The largest absolute Gasteiger partial charge is 0.497 e. The molecule has 1 aliphatic rings. The molecule has 3 rings (SSSR count). The lowest BCUT2D eigenvalue weighted by Crippen LogP contribution is -2.41. The normalized spacial score (nSPS) is 16.7. The highest BCUT2D eigenvalue weighted by molar-refractivity contribution is 5.40. The van der Waals surface area contributed by atoms with Gasteiger partial charge in [-0.1, -0.05) is 36.4 Å². The maximum absolute atomic E-state index is 10.1. The summed E-state index contributed by atoms with van der Waals surface area (Å²) in [7, 11) is 3.38. The third kappa shape index (κ3) is 5.27. The molecule has 0 atom stereocenters. The Labute approximate surface area is 169 Å². The van der Waals surface area contributed by atoms with Gasteiger partial charge in [-0.3, -0.25) is 4.90 Å². The minimum Gasteiger partial charge on any atom is -0.497 e. The topological polar surface area (TPSA) is 41.9 Å². The number of hydrogen-bond acceptors (Lipinski definition) is 4. The van der Waals surface area contributed by atoms with Gasteiger partial charge in [0.25, 0.3) is 0 Å². The van der Waals surface area contributed by atoms with Crippen LogP contribution in [0.15, 0.2) is 48.5 Å². The molecule has 4 nitrogen and oxygen atoms in total. The third-order valence-corrected chi connectivity index (χ3v) is 6.16. The van der Waals surface area contributed by atoms with E-state index in [1.165, 1.54) is 11.1 Å². The molecule has 0 saturated carbocycles. The fraction of sp³-hybridized carbons (Fsp3) is 0.500. The van der Waals surface area contributed by atoms with Crippen molar-refractivity contribution in [2.75, 3.05) is 33.9 Å². The Morgan fingerprint density at radius 1 is 1.00 bits per heavy atom. The van der Waals surface area contributed by atoms with Gasteiger partial charge in [0.2, 0.25) is 0 Å². The molecule has 1 heterocycles. The number of aliphatic hydroxyl groups excluding tert-OH is 1. The van der Waals surface area contributed by atoms with Crippen molar-refractivity contribution in [1.29, 1.82) is 0 Å². The zero-order chi connectivity index (χ0) is 19.8. The van der Waals surface area contributed by atoms with Gasteiger partial charge in [0.1, 0.15) is 11.5 Å². The number of benzene rings is 2. The van der Waals surface area contributed by atoms with E-state index in [2.05, 4.69) is 41.3 Å². The molecule has 0 spiro atoms. The SMILES string of the molecule is COc1ccc(CN2CCC(CO)(CCCc3ccccc3)CC2)c(OC)c1. The highest BCUT2D eigenvalue weighted by atomic mass is 16.5. The van der Waals surface area contributed by atoms with E-state index in [1.54, 1.807) is 14.2 Å². The van der Waals surface area contributed by atoms with E-state index in [-0.39, 0.29) is 5.41 Å². The Hall–Kier alpha value is -2.04. The minimum absolute atomic E-state index is 0.0786. The molecule has 0 amide bonds. The predicted octanol–water partition coefficient (Wildman–Crippen LogP) is 4.30. The van der Waals surface area contributed by atoms with Crippen molar-refractivity contribution in [1.82, 2.24) is 4.90 Å². The fourth-order valence-corrected chi connectivity index (χ4v) is 4.21. The van der Waals surface area contributed by atoms with Gasteiger partial charge in [-0.15, -0.1) is 0 Å². The molecule has 1 N–H and O–H groups in total. The number of rotatable bonds is 9. The molecule has 0 unspecified atom stereocenters. The molecule has 0 bridgehead atoms.